The lowest BCUT2D eigenvalue weighted by atomic mass is 9.78. The molecule has 1 saturated carbocycles. The maximum Gasteiger partial charge on any atom is 0.0822 e. The summed E-state index contributed by atoms with van der Waals surface area (Å²) in [6, 6.07) is 0. The highest BCUT2D eigenvalue weighted by Gasteiger charge is 2.20. The van der Waals surface area contributed by atoms with Crippen LogP contribution in [0.15, 0.2) is 0 Å². The van der Waals surface area contributed by atoms with Gasteiger partial charge in [-0.1, -0.05) is 32.6 Å². The molecular weight excluding hydrogens is 136 g/mol. The molecule has 1 heteroatoms. The second-order valence-electron chi connectivity index (χ2n) is 3.87. The highest BCUT2D eigenvalue weighted by Crippen LogP contribution is 2.32. The molecule has 65 valence electrons. The minimum atomic E-state index is 0.128. The number of hydrogen-bond donors (Lipinski definition) is 0. The number of rotatable bonds is 3. The highest BCUT2D eigenvalue weighted by molar-refractivity contribution is 4.71. The molecule has 0 N–H and O–H groups in total. The van der Waals surface area contributed by atoms with Crippen LogP contribution < -0.4 is 0 Å². The van der Waals surface area contributed by atoms with Gasteiger partial charge >= 0.3 is 0 Å². The summed E-state index contributed by atoms with van der Waals surface area (Å²) in [6.07, 6.45) is 7.66. The van der Waals surface area contributed by atoms with Gasteiger partial charge < -0.3 is 0 Å². The molecule has 1 rings (SSSR count). The molecule has 0 amide bonds. The molecular formula is C10H19O. The molecule has 2 unspecified atom stereocenters. The zero-order chi connectivity index (χ0) is 8.10. The predicted molar refractivity (Wildman–Crippen MR) is 45.9 cm³/mol. The summed E-state index contributed by atoms with van der Waals surface area (Å²) in [5, 5.41) is 10.3. The Kier molecular flexibility index (Phi) is 3.92. The second kappa shape index (κ2) is 4.76. The van der Waals surface area contributed by atoms with Crippen LogP contribution in [0.2, 0.25) is 0 Å². The minimum Gasteiger partial charge on any atom is -0.237 e. The molecule has 1 aliphatic carbocycles. The predicted octanol–water partition coefficient (Wildman–Crippen LogP) is 3.02. The third kappa shape index (κ3) is 2.82. The molecule has 0 aliphatic heterocycles. The second-order valence-corrected chi connectivity index (χ2v) is 3.87. The fourth-order valence-electron chi connectivity index (χ4n) is 2.17. The van der Waals surface area contributed by atoms with Crippen molar-refractivity contribution in [3.8, 4) is 0 Å². The van der Waals surface area contributed by atoms with Crippen molar-refractivity contribution in [3.63, 3.8) is 0 Å². The first-order valence-electron chi connectivity index (χ1n) is 4.92. The van der Waals surface area contributed by atoms with E-state index >= 15 is 0 Å². The van der Waals surface area contributed by atoms with Crippen molar-refractivity contribution < 1.29 is 5.11 Å². The van der Waals surface area contributed by atoms with Gasteiger partial charge in [0, 0.05) is 0 Å². The van der Waals surface area contributed by atoms with E-state index in [2.05, 4.69) is 6.92 Å². The van der Waals surface area contributed by atoms with E-state index in [1.54, 1.807) is 0 Å². The molecule has 1 fully saturated rings. The molecule has 1 radical (unpaired) electrons. The van der Waals surface area contributed by atoms with Gasteiger partial charge in [0.25, 0.3) is 0 Å². The molecule has 2 atom stereocenters. The first-order valence-corrected chi connectivity index (χ1v) is 4.92. The van der Waals surface area contributed by atoms with Crippen molar-refractivity contribution in [1.82, 2.24) is 0 Å². The van der Waals surface area contributed by atoms with Crippen LogP contribution in [0, 0.1) is 11.8 Å². The van der Waals surface area contributed by atoms with E-state index in [-0.39, 0.29) is 6.61 Å². The normalized spacial score (nSPS) is 32.2. The van der Waals surface area contributed by atoms with Crippen LogP contribution in [0.1, 0.15) is 45.4 Å². The zero-order valence-corrected chi connectivity index (χ0v) is 7.51. The van der Waals surface area contributed by atoms with Gasteiger partial charge in [-0.25, -0.2) is 5.11 Å². The van der Waals surface area contributed by atoms with E-state index in [0.717, 1.165) is 18.3 Å². The standard InChI is InChI=1S/C10H19O/c1-9-5-2-3-6-10(9)7-4-8-11/h9-10H,2-8H2,1H3. The van der Waals surface area contributed by atoms with Crippen LogP contribution in [0.4, 0.5) is 0 Å². The summed E-state index contributed by atoms with van der Waals surface area (Å²) >= 11 is 0. The van der Waals surface area contributed by atoms with Crippen molar-refractivity contribution >= 4 is 0 Å². The lowest BCUT2D eigenvalue weighted by Crippen LogP contribution is -2.16. The van der Waals surface area contributed by atoms with Crippen molar-refractivity contribution in [3.05, 3.63) is 0 Å². The Hall–Kier alpha value is -0.0400. The third-order valence-electron chi connectivity index (χ3n) is 3.01. The van der Waals surface area contributed by atoms with Crippen LogP contribution in [0.25, 0.3) is 0 Å². The SMILES string of the molecule is CC1CCCCC1CCC[O]. The van der Waals surface area contributed by atoms with Crippen LogP contribution in [-0.4, -0.2) is 6.61 Å². The van der Waals surface area contributed by atoms with Crippen molar-refractivity contribution in [2.45, 2.75) is 45.4 Å². The van der Waals surface area contributed by atoms with Crippen molar-refractivity contribution in [2.75, 3.05) is 6.61 Å². The largest absolute Gasteiger partial charge is 0.237 e. The smallest absolute Gasteiger partial charge is 0.0822 e. The Morgan fingerprint density at radius 2 is 2.00 bits per heavy atom. The average molecular weight is 155 g/mol. The summed E-state index contributed by atoms with van der Waals surface area (Å²) in [6.45, 7) is 2.47. The van der Waals surface area contributed by atoms with E-state index in [1.165, 1.54) is 32.1 Å². The maximum atomic E-state index is 10.3. The van der Waals surface area contributed by atoms with Gasteiger partial charge in [-0.15, -0.1) is 0 Å². The first-order chi connectivity index (χ1) is 5.34. The summed E-state index contributed by atoms with van der Waals surface area (Å²) in [5.41, 5.74) is 0. The fourth-order valence-corrected chi connectivity index (χ4v) is 2.17. The molecule has 11 heavy (non-hydrogen) atoms. The summed E-state index contributed by atoms with van der Waals surface area (Å²) in [4.78, 5) is 0. The van der Waals surface area contributed by atoms with Crippen molar-refractivity contribution in [1.29, 1.82) is 0 Å². The monoisotopic (exact) mass is 155 g/mol. The molecule has 1 aliphatic rings. The summed E-state index contributed by atoms with van der Waals surface area (Å²) in [7, 11) is 0. The van der Waals surface area contributed by atoms with E-state index in [4.69, 9.17) is 0 Å². The minimum absolute atomic E-state index is 0.128. The summed E-state index contributed by atoms with van der Waals surface area (Å²) < 4.78 is 0. The zero-order valence-electron chi connectivity index (χ0n) is 7.51. The van der Waals surface area contributed by atoms with Crippen LogP contribution in [0.3, 0.4) is 0 Å². The van der Waals surface area contributed by atoms with Gasteiger partial charge in [0.1, 0.15) is 0 Å². The highest BCUT2D eigenvalue weighted by atomic mass is 16.2. The van der Waals surface area contributed by atoms with E-state index in [0.29, 0.717) is 0 Å². The number of hydrogen-bond acceptors (Lipinski definition) is 0. The fraction of sp³-hybridized carbons (Fsp3) is 1.00. The van der Waals surface area contributed by atoms with E-state index in [1.807, 2.05) is 0 Å². The summed E-state index contributed by atoms with van der Waals surface area (Å²) in [5.74, 6) is 1.76. The molecule has 0 saturated heterocycles. The molecule has 0 aromatic rings. The Morgan fingerprint density at radius 1 is 1.27 bits per heavy atom. The van der Waals surface area contributed by atoms with E-state index < -0.39 is 0 Å². The lowest BCUT2D eigenvalue weighted by Gasteiger charge is -2.28. The quantitative estimate of drug-likeness (QED) is 0.597. The van der Waals surface area contributed by atoms with Crippen LogP contribution in [-0.2, 0) is 5.11 Å². The Bertz CT molecular complexity index is 101. The molecule has 0 aromatic carbocycles. The Morgan fingerprint density at radius 3 is 2.64 bits per heavy atom. The average Bonchev–Trinajstić information content (AvgIpc) is 2.03. The van der Waals surface area contributed by atoms with Gasteiger partial charge in [0.15, 0.2) is 0 Å². The van der Waals surface area contributed by atoms with Gasteiger partial charge in [-0.05, 0) is 24.7 Å². The van der Waals surface area contributed by atoms with Crippen LogP contribution >= 0.6 is 0 Å². The van der Waals surface area contributed by atoms with Gasteiger partial charge in [0.2, 0.25) is 0 Å². The topological polar surface area (TPSA) is 19.9 Å². The molecule has 0 aromatic heterocycles. The first kappa shape index (κ1) is 9.05. The molecule has 0 bridgehead atoms. The Labute approximate surface area is 69.8 Å². The maximum absolute atomic E-state index is 10.3. The van der Waals surface area contributed by atoms with Crippen LogP contribution in [0.5, 0.6) is 0 Å². The molecule has 0 heterocycles. The third-order valence-corrected chi connectivity index (χ3v) is 3.01. The van der Waals surface area contributed by atoms with Gasteiger partial charge in [0.05, 0.1) is 6.61 Å². The Balaban J connectivity index is 2.18. The lowest BCUT2D eigenvalue weighted by molar-refractivity contribution is 0.162. The van der Waals surface area contributed by atoms with E-state index in [9.17, 15) is 5.11 Å². The van der Waals surface area contributed by atoms with Gasteiger partial charge in [-0.3, -0.25) is 0 Å². The van der Waals surface area contributed by atoms with Crippen molar-refractivity contribution in [2.24, 2.45) is 11.8 Å². The molecule has 1 nitrogen and oxygen atoms in total. The van der Waals surface area contributed by atoms with Gasteiger partial charge in [-0.2, -0.15) is 0 Å². The molecule has 0 spiro atoms.